The molecule has 3 aliphatic heterocycles. The SMILES string of the molecule is CCC1C=CC(=O)C2(O1)OC1(C(=O)NC(OC)(C(=O)c3ccccc3)C1O)C(=O)C2C. The largest absolute Gasteiger partial charge is 0.383 e. The molecule has 6 unspecified atom stereocenters. The van der Waals surface area contributed by atoms with E-state index in [4.69, 9.17) is 14.2 Å². The van der Waals surface area contributed by atoms with Gasteiger partial charge in [-0.2, -0.15) is 0 Å². The Morgan fingerprint density at radius 1 is 1.23 bits per heavy atom. The fraction of sp³-hybridized carbons (Fsp3) is 0.455. The first kappa shape index (κ1) is 21.5. The minimum Gasteiger partial charge on any atom is -0.383 e. The number of carbonyl (C=O) groups is 4. The van der Waals surface area contributed by atoms with Crippen LogP contribution in [0.3, 0.4) is 0 Å². The van der Waals surface area contributed by atoms with Crippen molar-refractivity contribution in [1.29, 1.82) is 0 Å². The number of amides is 1. The van der Waals surface area contributed by atoms with Crippen molar-refractivity contribution in [1.82, 2.24) is 5.32 Å². The Morgan fingerprint density at radius 3 is 2.52 bits per heavy atom. The first-order valence-electron chi connectivity index (χ1n) is 10.00. The maximum atomic E-state index is 13.4. The van der Waals surface area contributed by atoms with Gasteiger partial charge in [-0.05, 0) is 19.4 Å². The summed E-state index contributed by atoms with van der Waals surface area (Å²) >= 11 is 0. The highest BCUT2D eigenvalue weighted by atomic mass is 16.7. The van der Waals surface area contributed by atoms with E-state index in [1.807, 2.05) is 6.92 Å². The van der Waals surface area contributed by atoms with E-state index in [2.05, 4.69) is 5.32 Å². The molecule has 0 aliphatic carbocycles. The second-order valence-corrected chi connectivity index (χ2v) is 7.87. The van der Waals surface area contributed by atoms with Crippen molar-refractivity contribution < 1.29 is 38.5 Å². The van der Waals surface area contributed by atoms with E-state index in [0.29, 0.717) is 6.42 Å². The summed E-state index contributed by atoms with van der Waals surface area (Å²) in [5.74, 6) is -6.64. The molecule has 2 saturated heterocycles. The Kier molecular flexibility index (Phi) is 4.97. The van der Waals surface area contributed by atoms with Crippen LogP contribution in [0.4, 0.5) is 0 Å². The molecular formula is C22H23NO8. The van der Waals surface area contributed by atoms with Crippen LogP contribution in [0.25, 0.3) is 0 Å². The van der Waals surface area contributed by atoms with E-state index < -0.39 is 58.5 Å². The number of Topliss-reactive ketones (excluding diaryl/α,β-unsaturated/α-hetero) is 2. The van der Waals surface area contributed by atoms with Crippen LogP contribution in [-0.4, -0.2) is 64.8 Å². The van der Waals surface area contributed by atoms with Crippen LogP contribution < -0.4 is 5.32 Å². The molecular weight excluding hydrogens is 406 g/mol. The molecule has 1 aromatic rings. The number of hydrogen-bond donors (Lipinski definition) is 2. The molecule has 1 amide bonds. The summed E-state index contributed by atoms with van der Waals surface area (Å²) in [6.07, 6.45) is 0.692. The zero-order valence-electron chi connectivity index (χ0n) is 17.3. The average molecular weight is 429 g/mol. The number of aliphatic hydroxyl groups is 1. The lowest BCUT2D eigenvalue weighted by molar-refractivity contribution is -0.270. The molecule has 0 saturated carbocycles. The zero-order chi connectivity index (χ0) is 22.6. The van der Waals surface area contributed by atoms with Gasteiger partial charge in [0.2, 0.25) is 28.7 Å². The molecule has 0 radical (unpaired) electrons. The standard InChI is InChI=1S/C22H23NO8/c1-4-14-10-11-15(24)22(30-14)12(2)16(25)20(31-22)18(27)21(29-3,23-19(20)28)17(26)13-8-6-5-7-9-13/h5-12,14,18,27H,4H2,1-3H3,(H,23,28). The van der Waals surface area contributed by atoms with Crippen LogP contribution in [-0.2, 0) is 28.6 Å². The molecule has 3 heterocycles. The number of aliphatic hydroxyl groups excluding tert-OH is 1. The van der Waals surface area contributed by atoms with Gasteiger partial charge in [0.25, 0.3) is 5.91 Å². The maximum Gasteiger partial charge on any atom is 0.265 e. The van der Waals surface area contributed by atoms with E-state index in [1.165, 1.54) is 25.1 Å². The summed E-state index contributed by atoms with van der Waals surface area (Å²) in [4.78, 5) is 52.5. The van der Waals surface area contributed by atoms with Gasteiger partial charge in [-0.25, -0.2) is 0 Å². The third-order valence-electron chi connectivity index (χ3n) is 6.28. The van der Waals surface area contributed by atoms with E-state index in [9.17, 15) is 24.3 Å². The van der Waals surface area contributed by atoms with Crippen molar-refractivity contribution in [3.05, 3.63) is 48.0 Å². The van der Waals surface area contributed by atoms with Crippen molar-refractivity contribution in [3.63, 3.8) is 0 Å². The number of carbonyl (C=O) groups excluding carboxylic acids is 4. The number of hydrogen-bond acceptors (Lipinski definition) is 8. The lowest BCUT2D eigenvalue weighted by Gasteiger charge is -2.37. The minimum absolute atomic E-state index is 0.146. The molecule has 4 rings (SSSR count). The van der Waals surface area contributed by atoms with Gasteiger partial charge < -0.3 is 24.6 Å². The van der Waals surface area contributed by atoms with Crippen molar-refractivity contribution >= 4 is 23.3 Å². The van der Waals surface area contributed by atoms with Crippen LogP contribution in [0.5, 0.6) is 0 Å². The molecule has 6 atom stereocenters. The monoisotopic (exact) mass is 429 g/mol. The Hall–Kier alpha value is -2.72. The summed E-state index contributed by atoms with van der Waals surface area (Å²) in [6, 6.07) is 7.88. The molecule has 0 aromatic heterocycles. The normalized spacial score (nSPS) is 39.5. The van der Waals surface area contributed by atoms with Crippen LogP contribution >= 0.6 is 0 Å². The fourth-order valence-corrected chi connectivity index (χ4v) is 4.44. The van der Waals surface area contributed by atoms with Crippen LogP contribution in [0.1, 0.15) is 30.6 Å². The molecule has 3 aliphatic rings. The van der Waals surface area contributed by atoms with E-state index in [1.54, 1.807) is 24.3 Å². The van der Waals surface area contributed by atoms with Gasteiger partial charge in [0, 0.05) is 12.7 Å². The molecule has 164 valence electrons. The Labute approximate surface area is 178 Å². The van der Waals surface area contributed by atoms with Crippen molar-refractivity contribution in [3.8, 4) is 0 Å². The van der Waals surface area contributed by atoms with Crippen molar-refractivity contribution in [2.24, 2.45) is 5.92 Å². The van der Waals surface area contributed by atoms with Gasteiger partial charge >= 0.3 is 0 Å². The molecule has 9 nitrogen and oxygen atoms in total. The fourth-order valence-electron chi connectivity index (χ4n) is 4.44. The third kappa shape index (κ3) is 2.64. The van der Waals surface area contributed by atoms with E-state index in [0.717, 1.165) is 7.11 Å². The van der Waals surface area contributed by atoms with Crippen LogP contribution in [0.15, 0.2) is 42.5 Å². The molecule has 2 spiro atoms. The summed E-state index contributed by atoms with van der Waals surface area (Å²) in [6.45, 7) is 3.22. The molecule has 2 fully saturated rings. The number of methoxy groups -OCH3 is 1. The summed E-state index contributed by atoms with van der Waals surface area (Å²) in [5, 5.41) is 13.6. The van der Waals surface area contributed by atoms with Crippen molar-refractivity contribution in [2.45, 2.75) is 49.6 Å². The first-order valence-corrected chi connectivity index (χ1v) is 10.00. The highest BCUT2D eigenvalue weighted by Gasteiger charge is 2.79. The Morgan fingerprint density at radius 2 is 1.90 bits per heavy atom. The predicted molar refractivity (Wildman–Crippen MR) is 105 cm³/mol. The van der Waals surface area contributed by atoms with Gasteiger partial charge in [0.05, 0.1) is 12.0 Å². The second-order valence-electron chi connectivity index (χ2n) is 7.87. The zero-order valence-corrected chi connectivity index (χ0v) is 17.3. The Bertz CT molecular complexity index is 990. The van der Waals surface area contributed by atoms with Crippen molar-refractivity contribution in [2.75, 3.05) is 7.11 Å². The number of ether oxygens (including phenoxy) is 3. The number of benzene rings is 1. The van der Waals surface area contributed by atoms with Gasteiger partial charge in [-0.15, -0.1) is 0 Å². The van der Waals surface area contributed by atoms with Gasteiger partial charge in [-0.3, -0.25) is 19.2 Å². The summed E-state index contributed by atoms with van der Waals surface area (Å²) in [7, 11) is 1.13. The lowest BCUT2D eigenvalue weighted by Crippen LogP contribution is -2.61. The average Bonchev–Trinajstić information content (AvgIpc) is 3.15. The van der Waals surface area contributed by atoms with E-state index in [-0.39, 0.29) is 5.56 Å². The van der Waals surface area contributed by atoms with Gasteiger partial charge in [0.1, 0.15) is 0 Å². The smallest absolute Gasteiger partial charge is 0.265 e. The quantitative estimate of drug-likeness (QED) is 0.517. The summed E-state index contributed by atoms with van der Waals surface area (Å²) < 4.78 is 16.9. The number of nitrogens with one attached hydrogen (secondary N) is 1. The third-order valence-corrected chi connectivity index (χ3v) is 6.28. The lowest BCUT2D eigenvalue weighted by atomic mass is 9.82. The Balaban J connectivity index is 1.80. The number of ketones is 3. The van der Waals surface area contributed by atoms with E-state index >= 15 is 0 Å². The number of rotatable bonds is 4. The van der Waals surface area contributed by atoms with Crippen LogP contribution in [0, 0.1) is 5.92 Å². The first-order chi connectivity index (χ1) is 14.7. The molecule has 2 N–H and O–H groups in total. The summed E-state index contributed by atoms with van der Waals surface area (Å²) in [5.41, 5.74) is -4.68. The highest BCUT2D eigenvalue weighted by molar-refractivity contribution is 6.20. The van der Waals surface area contributed by atoms with Gasteiger partial charge in [0.15, 0.2) is 11.9 Å². The predicted octanol–water partition coefficient (Wildman–Crippen LogP) is 0.307. The second kappa shape index (κ2) is 7.16. The topological polar surface area (TPSA) is 128 Å². The van der Waals surface area contributed by atoms with Gasteiger partial charge in [-0.1, -0.05) is 43.3 Å². The minimum atomic E-state index is -2.54. The molecule has 0 bridgehead atoms. The molecule has 31 heavy (non-hydrogen) atoms. The molecule has 1 aromatic carbocycles. The highest BCUT2D eigenvalue weighted by Crippen LogP contribution is 2.50. The maximum absolute atomic E-state index is 13.4. The molecule has 9 heteroatoms. The van der Waals surface area contributed by atoms with Crippen LogP contribution in [0.2, 0.25) is 0 Å².